The summed E-state index contributed by atoms with van der Waals surface area (Å²) in [6, 6.07) is 3.85. The first-order chi connectivity index (χ1) is 8.47. The van der Waals surface area contributed by atoms with Crippen LogP contribution in [0.1, 0.15) is 31.4 Å². The largest absolute Gasteiger partial charge is 0.433 e. The van der Waals surface area contributed by atoms with Crippen LogP contribution in [0.4, 0.5) is 19.0 Å². The fourth-order valence-corrected chi connectivity index (χ4v) is 2.20. The van der Waals surface area contributed by atoms with E-state index in [1.54, 1.807) is 0 Å². The molecule has 0 amide bonds. The van der Waals surface area contributed by atoms with E-state index in [-0.39, 0.29) is 17.9 Å². The van der Waals surface area contributed by atoms with Gasteiger partial charge in [0.25, 0.3) is 0 Å². The van der Waals surface area contributed by atoms with Crippen molar-refractivity contribution in [2.45, 2.75) is 43.9 Å². The number of pyridine rings is 1. The lowest BCUT2D eigenvalue weighted by atomic mass is 9.91. The zero-order chi connectivity index (χ0) is 13.2. The monoisotopic (exact) mass is 259 g/mol. The van der Waals surface area contributed by atoms with E-state index in [1.807, 2.05) is 0 Å². The van der Waals surface area contributed by atoms with Gasteiger partial charge in [0.05, 0.1) is 0 Å². The summed E-state index contributed by atoms with van der Waals surface area (Å²) >= 11 is 0. The summed E-state index contributed by atoms with van der Waals surface area (Å²) in [5, 5.41) is 3.01. The van der Waals surface area contributed by atoms with E-state index in [4.69, 9.17) is 5.73 Å². The first-order valence-corrected chi connectivity index (χ1v) is 6.03. The number of aromatic nitrogens is 1. The maximum atomic E-state index is 12.5. The Kier molecular flexibility index (Phi) is 3.75. The van der Waals surface area contributed by atoms with Gasteiger partial charge in [0.15, 0.2) is 0 Å². The van der Waals surface area contributed by atoms with Crippen LogP contribution in [0.2, 0.25) is 0 Å². The van der Waals surface area contributed by atoms with Gasteiger partial charge in [-0.15, -0.1) is 0 Å². The molecule has 1 saturated carbocycles. The first-order valence-electron chi connectivity index (χ1n) is 6.03. The van der Waals surface area contributed by atoms with Crippen molar-refractivity contribution < 1.29 is 13.2 Å². The van der Waals surface area contributed by atoms with E-state index in [9.17, 15) is 13.2 Å². The highest BCUT2D eigenvalue weighted by molar-refractivity contribution is 5.37. The second kappa shape index (κ2) is 5.14. The molecule has 1 heterocycles. The number of halogens is 3. The van der Waals surface area contributed by atoms with Gasteiger partial charge in [0.1, 0.15) is 11.5 Å². The van der Waals surface area contributed by atoms with E-state index < -0.39 is 11.9 Å². The standard InChI is InChI=1S/C12H16F3N3/c13-12(14,15)10-6-3-7-11(18-10)17-9-5-2-1-4-8(9)16/h3,6-9H,1-2,4-5,16H2,(H,17,18)/t8-,9-/m1/s1. The highest BCUT2D eigenvalue weighted by Gasteiger charge is 2.32. The Labute approximate surface area is 104 Å². The summed E-state index contributed by atoms with van der Waals surface area (Å²) < 4.78 is 37.5. The van der Waals surface area contributed by atoms with Gasteiger partial charge in [-0.1, -0.05) is 18.9 Å². The summed E-state index contributed by atoms with van der Waals surface area (Å²) in [6.45, 7) is 0. The topological polar surface area (TPSA) is 50.9 Å². The number of alkyl halides is 3. The second-order valence-electron chi connectivity index (χ2n) is 4.60. The van der Waals surface area contributed by atoms with Crippen molar-refractivity contribution in [2.24, 2.45) is 5.73 Å². The number of nitrogens with two attached hydrogens (primary N) is 1. The molecule has 0 aliphatic heterocycles. The van der Waals surface area contributed by atoms with Gasteiger partial charge in [-0.2, -0.15) is 13.2 Å². The molecule has 1 aromatic heterocycles. The molecular formula is C12H16F3N3. The van der Waals surface area contributed by atoms with E-state index >= 15 is 0 Å². The average molecular weight is 259 g/mol. The third kappa shape index (κ3) is 3.13. The molecular weight excluding hydrogens is 243 g/mol. The van der Waals surface area contributed by atoms with Crippen molar-refractivity contribution in [3.8, 4) is 0 Å². The quantitative estimate of drug-likeness (QED) is 0.858. The molecule has 0 unspecified atom stereocenters. The molecule has 0 aromatic carbocycles. The van der Waals surface area contributed by atoms with E-state index in [2.05, 4.69) is 10.3 Å². The van der Waals surface area contributed by atoms with Crippen LogP contribution in [0, 0.1) is 0 Å². The highest BCUT2D eigenvalue weighted by atomic mass is 19.4. The molecule has 1 fully saturated rings. The summed E-state index contributed by atoms with van der Waals surface area (Å²) in [5.74, 6) is 0.243. The molecule has 0 radical (unpaired) electrons. The minimum Gasteiger partial charge on any atom is -0.366 e. The van der Waals surface area contributed by atoms with Gasteiger partial charge in [-0.3, -0.25) is 0 Å². The van der Waals surface area contributed by atoms with Crippen molar-refractivity contribution >= 4 is 5.82 Å². The van der Waals surface area contributed by atoms with Gasteiger partial charge < -0.3 is 11.1 Å². The van der Waals surface area contributed by atoms with Crippen LogP contribution in [0.25, 0.3) is 0 Å². The Morgan fingerprint density at radius 3 is 2.61 bits per heavy atom. The molecule has 1 aromatic rings. The van der Waals surface area contributed by atoms with Crippen molar-refractivity contribution in [1.29, 1.82) is 0 Å². The predicted octanol–water partition coefficient (Wildman–Crippen LogP) is 2.78. The Morgan fingerprint density at radius 2 is 1.94 bits per heavy atom. The molecule has 1 aliphatic rings. The van der Waals surface area contributed by atoms with Crippen LogP contribution in [0.15, 0.2) is 18.2 Å². The van der Waals surface area contributed by atoms with E-state index in [0.29, 0.717) is 0 Å². The van der Waals surface area contributed by atoms with Crippen LogP contribution < -0.4 is 11.1 Å². The van der Waals surface area contributed by atoms with Crippen LogP contribution >= 0.6 is 0 Å². The maximum Gasteiger partial charge on any atom is 0.433 e. The van der Waals surface area contributed by atoms with Crippen molar-refractivity contribution in [3.63, 3.8) is 0 Å². The Hall–Kier alpha value is -1.30. The van der Waals surface area contributed by atoms with Gasteiger partial charge in [0, 0.05) is 12.1 Å². The third-order valence-electron chi connectivity index (χ3n) is 3.19. The van der Waals surface area contributed by atoms with Crippen LogP contribution in [-0.2, 0) is 6.18 Å². The first kappa shape index (κ1) is 13.1. The minimum atomic E-state index is -4.41. The molecule has 1 aliphatic carbocycles. The van der Waals surface area contributed by atoms with Crippen molar-refractivity contribution in [2.75, 3.05) is 5.32 Å². The smallest absolute Gasteiger partial charge is 0.366 e. The zero-order valence-corrected chi connectivity index (χ0v) is 9.87. The molecule has 100 valence electrons. The van der Waals surface area contributed by atoms with Crippen molar-refractivity contribution in [1.82, 2.24) is 4.98 Å². The molecule has 2 rings (SSSR count). The Bertz CT molecular complexity index is 406. The van der Waals surface area contributed by atoms with E-state index in [0.717, 1.165) is 31.7 Å². The molecule has 18 heavy (non-hydrogen) atoms. The molecule has 0 saturated heterocycles. The molecule has 3 nitrogen and oxygen atoms in total. The van der Waals surface area contributed by atoms with Gasteiger partial charge in [-0.25, -0.2) is 4.98 Å². The minimum absolute atomic E-state index is 0.00901. The number of hydrogen-bond acceptors (Lipinski definition) is 3. The maximum absolute atomic E-state index is 12.5. The molecule has 0 spiro atoms. The number of anilines is 1. The predicted molar refractivity (Wildman–Crippen MR) is 63.1 cm³/mol. The SMILES string of the molecule is N[C@@H]1CCCC[C@H]1Nc1cccc(C(F)(F)F)n1. The lowest BCUT2D eigenvalue weighted by molar-refractivity contribution is -0.141. The number of nitrogens with one attached hydrogen (secondary N) is 1. The lowest BCUT2D eigenvalue weighted by Gasteiger charge is -2.29. The molecule has 6 heteroatoms. The number of hydrogen-bond donors (Lipinski definition) is 2. The average Bonchev–Trinajstić information content (AvgIpc) is 2.31. The number of rotatable bonds is 2. The lowest BCUT2D eigenvalue weighted by Crippen LogP contribution is -2.42. The second-order valence-corrected chi connectivity index (χ2v) is 4.60. The van der Waals surface area contributed by atoms with Gasteiger partial charge >= 0.3 is 6.18 Å². The number of nitrogens with zero attached hydrogens (tertiary/aromatic N) is 1. The summed E-state index contributed by atoms with van der Waals surface area (Å²) in [7, 11) is 0. The summed E-state index contributed by atoms with van der Waals surface area (Å²) in [6.07, 6.45) is -0.512. The Morgan fingerprint density at radius 1 is 1.22 bits per heavy atom. The van der Waals surface area contributed by atoms with Crippen molar-refractivity contribution in [3.05, 3.63) is 23.9 Å². The molecule has 0 bridgehead atoms. The van der Waals surface area contributed by atoms with Gasteiger partial charge in [0.2, 0.25) is 0 Å². The van der Waals surface area contributed by atoms with Crippen LogP contribution in [-0.4, -0.2) is 17.1 Å². The summed E-state index contributed by atoms with van der Waals surface area (Å²) in [4.78, 5) is 3.58. The highest BCUT2D eigenvalue weighted by Crippen LogP contribution is 2.28. The molecule has 3 N–H and O–H groups in total. The van der Waals surface area contributed by atoms with Crippen LogP contribution in [0.5, 0.6) is 0 Å². The van der Waals surface area contributed by atoms with Crippen LogP contribution in [0.3, 0.4) is 0 Å². The zero-order valence-electron chi connectivity index (χ0n) is 9.87. The van der Waals surface area contributed by atoms with E-state index in [1.165, 1.54) is 12.1 Å². The summed E-state index contributed by atoms with van der Waals surface area (Å²) in [5.41, 5.74) is 5.06. The third-order valence-corrected chi connectivity index (χ3v) is 3.19. The Balaban J connectivity index is 2.09. The fourth-order valence-electron chi connectivity index (χ4n) is 2.20. The fraction of sp³-hybridized carbons (Fsp3) is 0.583. The molecule has 2 atom stereocenters. The normalized spacial score (nSPS) is 24.9. The van der Waals surface area contributed by atoms with Gasteiger partial charge in [-0.05, 0) is 25.0 Å².